The number of rotatable bonds is 5. The summed E-state index contributed by atoms with van der Waals surface area (Å²) in [6, 6.07) is 0. The molecule has 5 nitrogen and oxygen atoms in total. The van der Waals surface area contributed by atoms with Crippen molar-refractivity contribution in [3.63, 3.8) is 0 Å². The lowest BCUT2D eigenvalue weighted by atomic mass is 10.00. The normalized spacial score (nSPS) is 13.4. The highest BCUT2D eigenvalue weighted by Crippen LogP contribution is 2.17. The molecule has 0 aliphatic rings. The summed E-state index contributed by atoms with van der Waals surface area (Å²) >= 11 is 0. The largest absolute Gasteiger partial charge is 0.480 e. The van der Waals surface area contributed by atoms with Crippen LogP contribution in [0.2, 0.25) is 0 Å². The first-order chi connectivity index (χ1) is 6.78. The fourth-order valence-corrected chi connectivity index (χ4v) is 1.31. The lowest BCUT2D eigenvalue weighted by Gasteiger charge is -2.35. The van der Waals surface area contributed by atoms with Crippen LogP contribution in [0.3, 0.4) is 0 Å². The number of hydrogen-bond donors (Lipinski definition) is 2. The molecule has 1 amide bonds. The Hall–Kier alpha value is -1.10. The van der Waals surface area contributed by atoms with Gasteiger partial charge in [-0.15, -0.1) is 0 Å². The zero-order chi connectivity index (χ0) is 12.2. The van der Waals surface area contributed by atoms with Crippen LogP contribution in [0, 0.1) is 5.92 Å². The first kappa shape index (κ1) is 13.9. The Morgan fingerprint density at radius 1 is 1.47 bits per heavy atom. The number of carbonyl (C=O) groups is 2. The zero-order valence-electron chi connectivity index (χ0n) is 9.78. The van der Waals surface area contributed by atoms with Crippen molar-refractivity contribution in [1.29, 1.82) is 0 Å². The summed E-state index contributed by atoms with van der Waals surface area (Å²) in [5, 5.41) is 9.02. The Morgan fingerprint density at radius 3 is 2.20 bits per heavy atom. The van der Waals surface area contributed by atoms with Crippen LogP contribution in [0.1, 0.15) is 27.7 Å². The van der Waals surface area contributed by atoms with Crippen molar-refractivity contribution >= 4 is 11.9 Å². The average Bonchev–Trinajstić information content (AvgIpc) is 2.16. The van der Waals surface area contributed by atoms with E-state index in [1.54, 1.807) is 13.8 Å². The predicted octanol–water partition coefficient (Wildman–Crippen LogP) is 0.293. The quantitative estimate of drug-likeness (QED) is 0.692. The number of aliphatic carboxylic acids is 1. The van der Waals surface area contributed by atoms with Crippen LogP contribution in [0.4, 0.5) is 0 Å². The highest BCUT2D eigenvalue weighted by atomic mass is 16.4. The van der Waals surface area contributed by atoms with Crippen LogP contribution in [0.25, 0.3) is 0 Å². The number of carbonyl (C=O) groups excluding carboxylic acids is 1. The molecule has 0 spiro atoms. The topological polar surface area (TPSA) is 83.6 Å². The maximum Gasteiger partial charge on any atom is 0.329 e. The van der Waals surface area contributed by atoms with Crippen LogP contribution in [-0.4, -0.2) is 40.5 Å². The van der Waals surface area contributed by atoms with Gasteiger partial charge in [0.15, 0.2) is 0 Å². The molecule has 0 aromatic heterocycles. The molecule has 3 N–H and O–H groups in total. The molecule has 1 unspecified atom stereocenters. The molecule has 1 atom stereocenters. The Labute approximate surface area is 90.2 Å². The average molecular weight is 216 g/mol. The van der Waals surface area contributed by atoms with Crippen molar-refractivity contribution in [1.82, 2.24) is 4.90 Å². The first-order valence-electron chi connectivity index (χ1n) is 5.03. The van der Waals surface area contributed by atoms with E-state index in [2.05, 4.69) is 0 Å². The molecule has 15 heavy (non-hydrogen) atoms. The van der Waals surface area contributed by atoms with Gasteiger partial charge in [-0.25, -0.2) is 4.79 Å². The minimum atomic E-state index is -1.19. The minimum Gasteiger partial charge on any atom is -0.480 e. The number of carboxylic acids is 1. The van der Waals surface area contributed by atoms with Crippen molar-refractivity contribution in [2.75, 3.05) is 13.1 Å². The van der Waals surface area contributed by atoms with E-state index in [4.69, 9.17) is 10.8 Å². The predicted molar refractivity (Wildman–Crippen MR) is 57.3 cm³/mol. The second-order valence-corrected chi connectivity index (χ2v) is 4.08. The number of nitrogens with two attached hydrogens (primary N) is 1. The molecule has 0 rings (SSSR count). The Balaban J connectivity index is 4.91. The number of amides is 1. The van der Waals surface area contributed by atoms with Gasteiger partial charge in [-0.2, -0.15) is 0 Å². The Morgan fingerprint density at radius 2 is 1.93 bits per heavy atom. The first-order valence-corrected chi connectivity index (χ1v) is 5.03. The van der Waals surface area contributed by atoms with Gasteiger partial charge in [-0.1, -0.05) is 6.92 Å². The van der Waals surface area contributed by atoms with E-state index in [0.717, 1.165) is 0 Å². The second kappa shape index (κ2) is 5.11. The molecule has 0 saturated heterocycles. The second-order valence-electron chi connectivity index (χ2n) is 4.08. The van der Waals surface area contributed by atoms with Gasteiger partial charge >= 0.3 is 5.97 Å². The molecule has 0 saturated carbocycles. The van der Waals surface area contributed by atoms with Crippen LogP contribution in [-0.2, 0) is 9.59 Å². The van der Waals surface area contributed by atoms with Gasteiger partial charge in [0.25, 0.3) is 0 Å². The van der Waals surface area contributed by atoms with E-state index < -0.39 is 11.5 Å². The van der Waals surface area contributed by atoms with Gasteiger partial charge in [0.2, 0.25) is 5.91 Å². The lowest BCUT2D eigenvalue weighted by Crippen LogP contribution is -2.55. The number of likely N-dealkylation sites (N-methyl/N-ethyl adjacent to an activating group) is 1. The molecule has 0 aromatic rings. The summed E-state index contributed by atoms with van der Waals surface area (Å²) in [5.74, 6) is -1.57. The van der Waals surface area contributed by atoms with E-state index in [0.29, 0.717) is 6.54 Å². The summed E-state index contributed by atoms with van der Waals surface area (Å²) < 4.78 is 0. The van der Waals surface area contributed by atoms with Crippen molar-refractivity contribution in [3.05, 3.63) is 0 Å². The Bertz CT molecular complexity index is 251. The third-order valence-corrected chi connectivity index (χ3v) is 2.56. The van der Waals surface area contributed by atoms with Crippen LogP contribution < -0.4 is 5.73 Å². The smallest absolute Gasteiger partial charge is 0.329 e. The molecule has 0 fully saturated rings. The van der Waals surface area contributed by atoms with Gasteiger partial charge in [0, 0.05) is 19.0 Å². The fraction of sp³-hybridized carbons (Fsp3) is 0.800. The van der Waals surface area contributed by atoms with Gasteiger partial charge in [-0.05, 0) is 20.8 Å². The summed E-state index contributed by atoms with van der Waals surface area (Å²) in [5.41, 5.74) is 4.20. The number of carboxylic acid groups (broad SMARTS) is 1. The third kappa shape index (κ3) is 2.92. The molecule has 88 valence electrons. The molecule has 5 heteroatoms. The van der Waals surface area contributed by atoms with E-state index in [9.17, 15) is 9.59 Å². The Kier molecular flexibility index (Phi) is 4.74. The van der Waals surface area contributed by atoms with Crippen molar-refractivity contribution in [2.45, 2.75) is 33.2 Å². The maximum absolute atomic E-state index is 11.8. The number of hydrogen-bond acceptors (Lipinski definition) is 3. The minimum absolute atomic E-state index is 0.215. The molecule has 0 aromatic carbocycles. The molecule has 0 aliphatic heterocycles. The standard InChI is InChI=1S/C10H20N2O3/c1-5-12(8(13)7(2)6-11)10(3,4)9(14)15/h7H,5-6,11H2,1-4H3,(H,14,15). The van der Waals surface area contributed by atoms with Crippen LogP contribution in [0.5, 0.6) is 0 Å². The lowest BCUT2D eigenvalue weighted by molar-refractivity contribution is -0.158. The molecule has 0 radical (unpaired) electrons. The van der Waals surface area contributed by atoms with Crippen molar-refractivity contribution in [2.24, 2.45) is 11.7 Å². The van der Waals surface area contributed by atoms with E-state index >= 15 is 0 Å². The van der Waals surface area contributed by atoms with E-state index in [1.807, 2.05) is 0 Å². The van der Waals surface area contributed by atoms with Gasteiger partial charge < -0.3 is 15.7 Å². The number of nitrogens with zero attached hydrogens (tertiary/aromatic N) is 1. The van der Waals surface area contributed by atoms with Crippen LogP contribution in [0.15, 0.2) is 0 Å². The van der Waals surface area contributed by atoms with Gasteiger partial charge in [0.1, 0.15) is 5.54 Å². The zero-order valence-corrected chi connectivity index (χ0v) is 9.78. The highest BCUT2D eigenvalue weighted by molar-refractivity contribution is 5.87. The summed E-state index contributed by atoms with van der Waals surface area (Å²) in [6.07, 6.45) is 0. The third-order valence-electron chi connectivity index (χ3n) is 2.56. The summed E-state index contributed by atoms with van der Waals surface area (Å²) in [6.45, 7) is 7.07. The van der Waals surface area contributed by atoms with Crippen molar-refractivity contribution < 1.29 is 14.7 Å². The van der Waals surface area contributed by atoms with Crippen molar-refractivity contribution in [3.8, 4) is 0 Å². The van der Waals surface area contributed by atoms with Crippen LogP contribution >= 0.6 is 0 Å². The molecule has 0 heterocycles. The van der Waals surface area contributed by atoms with E-state index in [-0.39, 0.29) is 18.4 Å². The fourth-order valence-electron chi connectivity index (χ4n) is 1.31. The molecule has 0 bridgehead atoms. The monoisotopic (exact) mass is 216 g/mol. The van der Waals surface area contributed by atoms with Gasteiger partial charge in [0.05, 0.1) is 0 Å². The van der Waals surface area contributed by atoms with E-state index in [1.165, 1.54) is 18.7 Å². The summed E-state index contributed by atoms with van der Waals surface area (Å²) in [7, 11) is 0. The maximum atomic E-state index is 11.8. The molecule has 0 aliphatic carbocycles. The molecular weight excluding hydrogens is 196 g/mol. The summed E-state index contributed by atoms with van der Waals surface area (Å²) in [4.78, 5) is 24.2. The van der Waals surface area contributed by atoms with Gasteiger partial charge in [-0.3, -0.25) is 4.79 Å². The molecular formula is C10H20N2O3. The highest BCUT2D eigenvalue weighted by Gasteiger charge is 2.37. The SMILES string of the molecule is CCN(C(=O)C(C)CN)C(C)(C)C(=O)O.